The Labute approximate surface area is 104 Å². The summed E-state index contributed by atoms with van der Waals surface area (Å²) in [7, 11) is 1.71. The Bertz CT molecular complexity index is 233. The molecule has 0 saturated carbocycles. The molecule has 0 aromatic heterocycles. The monoisotopic (exact) mass is 242 g/mol. The highest BCUT2D eigenvalue weighted by Crippen LogP contribution is 2.16. The number of likely N-dealkylation sites (tertiary alicyclic amines) is 1. The van der Waals surface area contributed by atoms with Crippen LogP contribution in [0.25, 0.3) is 0 Å². The van der Waals surface area contributed by atoms with Crippen molar-refractivity contribution in [1.82, 2.24) is 10.3 Å². The molecular weight excluding hydrogens is 216 g/mol. The van der Waals surface area contributed by atoms with Gasteiger partial charge in [-0.1, -0.05) is 12.8 Å². The van der Waals surface area contributed by atoms with Crippen molar-refractivity contribution in [2.45, 2.75) is 45.1 Å². The Hall–Kier alpha value is -0.810. The molecule has 0 bridgehead atoms. The largest absolute Gasteiger partial charge is 0.385 e. The van der Waals surface area contributed by atoms with Crippen molar-refractivity contribution in [1.29, 1.82) is 0 Å². The van der Waals surface area contributed by atoms with Gasteiger partial charge in [0.05, 0.1) is 0 Å². The molecule has 1 rings (SSSR count). The number of aliphatic imine (C=N–C) groups is 1. The number of methoxy groups -OCH3 is 1. The lowest BCUT2D eigenvalue weighted by Crippen LogP contribution is -2.48. The van der Waals surface area contributed by atoms with Crippen LogP contribution in [0.2, 0.25) is 0 Å². The average Bonchev–Trinajstić information content (AvgIpc) is 2.55. The number of nitrogens with one attached hydrogen (secondary N) is 1. The van der Waals surface area contributed by atoms with E-state index in [0.717, 1.165) is 32.1 Å². The van der Waals surface area contributed by atoms with E-state index in [1.165, 1.54) is 25.7 Å². The van der Waals surface area contributed by atoms with E-state index in [4.69, 9.17) is 10.6 Å². The second kappa shape index (κ2) is 8.31. The first-order valence-electron chi connectivity index (χ1n) is 6.56. The minimum Gasteiger partial charge on any atom is -0.385 e. The van der Waals surface area contributed by atoms with Crippen molar-refractivity contribution in [2.24, 2.45) is 10.8 Å². The summed E-state index contributed by atoms with van der Waals surface area (Å²) in [6.45, 7) is 4.80. The maximum atomic E-state index is 5.58. The lowest BCUT2D eigenvalue weighted by Gasteiger charge is -2.29. The second-order valence-electron chi connectivity index (χ2n) is 4.59. The van der Waals surface area contributed by atoms with Crippen molar-refractivity contribution in [3.63, 3.8) is 0 Å². The molecule has 1 saturated heterocycles. The van der Waals surface area contributed by atoms with Gasteiger partial charge in [-0.3, -0.25) is 10.4 Å². The summed E-state index contributed by atoms with van der Waals surface area (Å²) in [4.78, 5) is 6.81. The number of guanidine groups is 1. The van der Waals surface area contributed by atoms with E-state index in [1.54, 1.807) is 7.11 Å². The van der Waals surface area contributed by atoms with E-state index in [1.807, 2.05) is 0 Å². The number of hydrogen-bond donors (Lipinski definition) is 2. The molecule has 1 aliphatic heterocycles. The highest BCUT2D eigenvalue weighted by atomic mass is 16.5. The maximum Gasteiger partial charge on any atom is 0.208 e. The summed E-state index contributed by atoms with van der Waals surface area (Å²) < 4.78 is 5.01. The Morgan fingerprint density at radius 2 is 2.29 bits per heavy atom. The molecule has 1 unspecified atom stereocenters. The van der Waals surface area contributed by atoms with Gasteiger partial charge in [0.1, 0.15) is 0 Å². The zero-order chi connectivity index (χ0) is 12.5. The molecule has 100 valence electrons. The van der Waals surface area contributed by atoms with Gasteiger partial charge in [-0.15, -0.1) is 0 Å². The van der Waals surface area contributed by atoms with Crippen molar-refractivity contribution < 1.29 is 4.74 Å². The molecule has 17 heavy (non-hydrogen) atoms. The van der Waals surface area contributed by atoms with Gasteiger partial charge >= 0.3 is 0 Å². The van der Waals surface area contributed by atoms with Crippen molar-refractivity contribution in [2.75, 3.05) is 26.8 Å². The van der Waals surface area contributed by atoms with E-state index >= 15 is 0 Å². The SMILES string of the molecule is COCCCN=C(NN)N1CCCCCC1C. The van der Waals surface area contributed by atoms with Gasteiger partial charge in [-0.05, 0) is 26.2 Å². The van der Waals surface area contributed by atoms with Crippen molar-refractivity contribution in [3.8, 4) is 0 Å². The van der Waals surface area contributed by atoms with Gasteiger partial charge in [-0.25, -0.2) is 5.84 Å². The normalized spacial score (nSPS) is 22.4. The van der Waals surface area contributed by atoms with E-state index in [9.17, 15) is 0 Å². The quantitative estimate of drug-likeness (QED) is 0.255. The van der Waals surface area contributed by atoms with Crippen LogP contribution >= 0.6 is 0 Å². The topological polar surface area (TPSA) is 62.9 Å². The zero-order valence-electron chi connectivity index (χ0n) is 11.1. The first-order chi connectivity index (χ1) is 8.29. The third-order valence-corrected chi connectivity index (χ3v) is 3.22. The van der Waals surface area contributed by atoms with Crippen LogP contribution < -0.4 is 11.3 Å². The fourth-order valence-corrected chi connectivity index (χ4v) is 2.20. The van der Waals surface area contributed by atoms with Crippen LogP contribution in [0.1, 0.15) is 39.0 Å². The lowest BCUT2D eigenvalue weighted by atomic mass is 10.1. The summed E-state index contributed by atoms with van der Waals surface area (Å²) >= 11 is 0. The van der Waals surface area contributed by atoms with Gasteiger partial charge in [-0.2, -0.15) is 0 Å². The molecule has 1 fully saturated rings. The summed E-state index contributed by atoms with van der Waals surface area (Å²) in [6, 6.07) is 0.523. The van der Waals surface area contributed by atoms with Crippen LogP contribution in [0.15, 0.2) is 4.99 Å². The highest BCUT2D eigenvalue weighted by molar-refractivity contribution is 5.79. The Kier molecular flexibility index (Phi) is 6.96. The van der Waals surface area contributed by atoms with Crippen LogP contribution in [0.3, 0.4) is 0 Å². The standard InChI is InChI=1S/C12H26N4O/c1-11-7-4-3-5-9-16(11)12(15-13)14-8-6-10-17-2/h11H,3-10,13H2,1-2H3,(H,14,15). The molecule has 0 amide bonds. The van der Waals surface area contributed by atoms with E-state index in [0.29, 0.717) is 6.04 Å². The number of nitrogens with zero attached hydrogens (tertiary/aromatic N) is 2. The van der Waals surface area contributed by atoms with Crippen LogP contribution in [-0.4, -0.2) is 43.7 Å². The number of hydrogen-bond acceptors (Lipinski definition) is 3. The van der Waals surface area contributed by atoms with Gasteiger partial charge < -0.3 is 9.64 Å². The summed E-state index contributed by atoms with van der Waals surface area (Å²) in [5.74, 6) is 6.41. The zero-order valence-corrected chi connectivity index (χ0v) is 11.1. The summed E-state index contributed by atoms with van der Waals surface area (Å²) in [6.07, 6.45) is 5.99. The van der Waals surface area contributed by atoms with Crippen molar-refractivity contribution in [3.05, 3.63) is 0 Å². The number of ether oxygens (including phenoxy) is 1. The Balaban J connectivity index is 2.51. The van der Waals surface area contributed by atoms with Crippen molar-refractivity contribution >= 4 is 5.96 Å². The fraction of sp³-hybridized carbons (Fsp3) is 0.917. The summed E-state index contributed by atoms with van der Waals surface area (Å²) in [5, 5.41) is 0. The third kappa shape index (κ3) is 4.91. The van der Waals surface area contributed by atoms with Crippen LogP contribution in [0, 0.1) is 0 Å². The molecule has 1 heterocycles. The minimum absolute atomic E-state index is 0.523. The average molecular weight is 242 g/mol. The molecule has 1 aliphatic rings. The van der Waals surface area contributed by atoms with Gasteiger partial charge in [0.15, 0.2) is 0 Å². The number of rotatable bonds is 4. The van der Waals surface area contributed by atoms with E-state index in [-0.39, 0.29) is 0 Å². The molecular formula is C12H26N4O. The molecule has 0 aromatic carbocycles. The highest BCUT2D eigenvalue weighted by Gasteiger charge is 2.19. The van der Waals surface area contributed by atoms with Gasteiger partial charge in [0.25, 0.3) is 0 Å². The summed E-state index contributed by atoms with van der Waals surface area (Å²) in [5.41, 5.74) is 2.74. The lowest BCUT2D eigenvalue weighted by molar-refractivity contribution is 0.196. The molecule has 0 radical (unpaired) electrons. The molecule has 0 aliphatic carbocycles. The molecule has 0 aromatic rings. The van der Waals surface area contributed by atoms with E-state index < -0.39 is 0 Å². The molecule has 5 nitrogen and oxygen atoms in total. The number of nitrogens with two attached hydrogens (primary N) is 1. The Morgan fingerprint density at radius 3 is 3.00 bits per heavy atom. The molecule has 1 atom stereocenters. The van der Waals surface area contributed by atoms with Crippen LogP contribution in [-0.2, 0) is 4.74 Å². The Morgan fingerprint density at radius 1 is 1.47 bits per heavy atom. The predicted molar refractivity (Wildman–Crippen MR) is 70.8 cm³/mol. The number of hydrazine groups is 1. The predicted octanol–water partition coefficient (Wildman–Crippen LogP) is 1.11. The second-order valence-corrected chi connectivity index (χ2v) is 4.59. The molecule has 3 N–H and O–H groups in total. The van der Waals surface area contributed by atoms with Gasteiger partial charge in [0, 0.05) is 32.8 Å². The fourth-order valence-electron chi connectivity index (χ4n) is 2.20. The first kappa shape index (κ1) is 14.3. The molecule has 5 heteroatoms. The minimum atomic E-state index is 0.523. The third-order valence-electron chi connectivity index (χ3n) is 3.22. The first-order valence-corrected chi connectivity index (χ1v) is 6.56. The molecule has 0 spiro atoms. The van der Waals surface area contributed by atoms with Crippen LogP contribution in [0.4, 0.5) is 0 Å². The van der Waals surface area contributed by atoms with Gasteiger partial charge in [0.2, 0.25) is 5.96 Å². The smallest absolute Gasteiger partial charge is 0.208 e. The van der Waals surface area contributed by atoms with E-state index in [2.05, 4.69) is 22.2 Å². The maximum absolute atomic E-state index is 5.58. The van der Waals surface area contributed by atoms with Crippen LogP contribution in [0.5, 0.6) is 0 Å².